The standard InChI is InChI=1S/C32H35N5O6S2/c1-7-42-30(40)26-21(6)27(31(41)43-8-2)45-29(26)34-25(38)17-44-32-36-35-24(37(32)23-15-19(4)12-13-20(23)5)16-33-28(39)22-11-9-10-18(3)14-22/h9-15H,7-8,16-17H2,1-6H3,(H,33,39)(H,34,38). The third kappa shape index (κ3) is 7.97. The van der Waals surface area contributed by atoms with Crippen molar-refractivity contribution < 1.29 is 28.7 Å². The Morgan fingerprint density at radius 1 is 0.911 bits per heavy atom. The average molecular weight is 650 g/mol. The van der Waals surface area contributed by atoms with E-state index in [9.17, 15) is 19.2 Å². The molecule has 2 aromatic heterocycles. The number of esters is 2. The van der Waals surface area contributed by atoms with Crippen LogP contribution in [-0.4, -0.2) is 57.5 Å². The van der Waals surface area contributed by atoms with Crippen molar-refractivity contribution in [3.05, 3.63) is 86.5 Å². The number of ether oxygens (including phenoxy) is 2. The molecule has 4 rings (SSSR count). The van der Waals surface area contributed by atoms with E-state index in [-0.39, 0.29) is 46.9 Å². The fraction of sp³-hybridized carbons (Fsp3) is 0.312. The lowest BCUT2D eigenvalue weighted by molar-refractivity contribution is -0.113. The number of rotatable bonds is 12. The fourth-order valence-corrected chi connectivity index (χ4v) is 6.36. The van der Waals surface area contributed by atoms with E-state index < -0.39 is 17.8 Å². The Morgan fingerprint density at radius 2 is 1.62 bits per heavy atom. The van der Waals surface area contributed by atoms with Crippen LogP contribution in [0.2, 0.25) is 0 Å². The Bertz CT molecular complexity index is 1750. The largest absolute Gasteiger partial charge is 0.462 e. The smallest absolute Gasteiger partial charge is 0.348 e. The highest BCUT2D eigenvalue weighted by atomic mass is 32.2. The summed E-state index contributed by atoms with van der Waals surface area (Å²) in [6, 6.07) is 13.3. The summed E-state index contributed by atoms with van der Waals surface area (Å²) < 4.78 is 12.1. The summed E-state index contributed by atoms with van der Waals surface area (Å²) in [6.07, 6.45) is 0. The molecular formula is C32H35N5O6S2. The number of benzene rings is 2. The van der Waals surface area contributed by atoms with Gasteiger partial charge in [-0.15, -0.1) is 21.5 Å². The van der Waals surface area contributed by atoms with Gasteiger partial charge in [0, 0.05) is 5.56 Å². The molecule has 2 heterocycles. The van der Waals surface area contributed by atoms with Crippen LogP contribution in [0.4, 0.5) is 5.00 Å². The van der Waals surface area contributed by atoms with Crippen LogP contribution in [0.15, 0.2) is 47.6 Å². The quantitative estimate of drug-likeness (QED) is 0.149. The number of hydrogen-bond donors (Lipinski definition) is 2. The van der Waals surface area contributed by atoms with E-state index in [0.717, 1.165) is 45.5 Å². The Hall–Kier alpha value is -4.49. The molecule has 2 amide bonds. The summed E-state index contributed by atoms with van der Waals surface area (Å²) in [5.41, 5.74) is 4.81. The van der Waals surface area contributed by atoms with E-state index in [1.165, 1.54) is 0 Å². The van der Waals surface area contributed by atoms with Crippen LogP contribution in [0, 0.1) is 27.7 Å². The molecule has 2 aromatic carbocycles. The van der Waals surface area contributed by atoms with Crippen LogP contribution in [0.3, 0.4) is 0 Å². The zero-order valence-electron chi connectivity index (χ0n) is 26.0. The number of carbonyl (C=O) groups is 4. The first-order chi connectivity index (χ1) is 21.5. The van der Waals surface area contributed by atoms with E-state index in [2.05, 4.69) is 20.8 Å². The van der Waals surface area contributed by atoms with Crippen LogP contribution in [0.1, 0.15) is 72.3 Å². The number of thiophene rings is 1. The van der Waals surface area contributed by atoms with Gasteiger partial charge >= 0.3 is 11.9 Å². The molecule has 0 bridgehead atoms. The number of carbonyl (C=O) groups excluding carboxylic acids is 4. The topological polar surface area (TPSA) is 142 Å². The fourth-order valence-electron chi connectivity index (χ4n) is 4.49. The minimum Gasteiger partial charge on any atom is -0.462 e. The molecule has 0 radical (unpaired) electrons. The van der Waals surface area contributed by atoms with E-state index in [0.29, 0.717) is 22.1 Å². The van der Waals surface area contributed by atoms with Gasteiger partial charge in [0.25, 0.3) is 5.91 Å². The first kappa shape index (κ1) is 33.4. The molecule has 13 heteroatoms. The van der Waals surface area contributed by atoms with E-state index in [1.54, 1.807) is 26.8 Å². The molecule has 0 spiro atoms. The number of aromatic nitrogens is 3. The van der Waals surface area contributed by atoms with E-state index in [1.807, 2.05) is 61.7 Å². The van der Waals surface area contributed by atoms with Crippen molar-refractivity contribution in [2.45, 2.75) is 53.2 Å². The third-order valence-corrected chi connectivity index (χ3v) is 8.78. The molecule has 0 saturated carbocycles. The van der Waals surface area contributed by atoms with Crippen molar-refractivity contribution in [1.82, 2.24) is 20.1 Å². The maximum absolute atomic E-state index is 13.2. The normalized spacial score (nSPS) is 10.8. The van der Waals surface area contributed by atoms with Crippen LogP contribution < -0.4 is 10.6 Å². The second-order valence-electron chi connectivity index (χ2n) is 10.1. The number of nitrogens with one attached hydrogen (secondary N) is 2. The Kier molecular flexibility index (Phi) is 11.1. The molecule has 0 aliphatic rings. The predicted octanol–water partition coefficient (Wildman–Crippen LogP) is 5.58. The minimum absolute atomic E-state index is 0.0768. The number of amides is 2. The SMILES string of the molecule is CCOC(=O)c1sc(NC(=O)CSc2nnc(CNC(=O)c3cccc(C)c3)n2-c2cc(C)ccc2C)c(C(=O)OCC)c1C. The monoisotopic (exact) mass is 649 g/mol. The molecule has 0 aliphatic heterocycles. The molecule has 11 nitrogen and oxygen atoms in total. The first-order valence-electron chi connectivity index (χ1n) is 14.3. The van der Waals surface area contributed by atoms with Gasteiger partial charge < -0.3 is 20.1 Å². The highest BCUT2D eigenvalue weighted by Gasteiger charge is 2.28. The van der Waals surface area contributed by atoms with Gasteiger partial charge in [0.1, 0.15) is 9.88 Å². The molecule has 0 aliphatic carbocycles. The highest BCUT2D eigenvalue weighted by molar-refractivity contribution is 7.99. The summed E-state index contributed by atoms with van der Waals surface area (Å²) in [6.45, 7) is 11.2. The maximum Gasteiger partial charge on any atom is 0.348 e. The van der Waals surface area contributed by atoms with Crippen LogP contribution in [-0.2, 0) is 20.8 Å². The molecule has 0 unspecified atom stereocenters. The molecule has 0 atom stereocenters. The minimum atomic E-state index is -0.642. The summed E-state index contributed by atoms with van der Waals surface area (Å²) in [4.78, 5) is 51.5. The van der Waals surface area contributed by atoms with Crippen molar-refractivity contribution >= 4 is 51.9 Å². The molecular weight excluding hydrogens is 615 g/mol. The van der Waals surface area contributed by atoms with Crippen LogP contribution in [0.25, 0.3) is 5.69 Å². The summed E-state index contributed by atoms with van der Waals surface area (Å²) in [5.74, 6) is -1.47. The first-order valence-corrected chi connectivity index (χ1v) is 16.1. The predicted molar refractivity (Wildman–Crippen MR) is 174 cm³/mol. The van der Waals surface area contributed by atoms with Gasteiger partial charge in [0.2, 0.25) is 5.91 Å². The summed E-state index contributed by atoms with van der Waals surface area (Å²) in [5, 5.41) is 15.0. The zero-order chi connectivity index (χ0) is 32.7. The van der Waals surface area contributed by atoms with Gasteiger partial charge in [-0.25, -0.2) is 9.59 Å². The van der Waals surface area contributed by atoms with Crippen molar-refractivity contribution in [1.29, 1.82) is 0 Å². The lowest BCUT2D eigenvalue weighted by Gasteiger charge is -2.14. The maximum atomic E-state index is 13.2. The average Bonchev–Trinajstić information content (AvgIpc) is 3.56. The van der Waals surface area contributed by atoms with Gasteiger partial charge in [-0.1, -0.05) is 41.6 Å². The lowest BCUT2D eigenvalue weighted by Crippen LogP contribution is -2.25. The number of thioether (sulfide) groups is 1. The number of anilines is 1. The number of aryl methyl sites for hydroxylation is 3. The van der Waals surface area contributed by atoms with Crippen molar-refractivity contribution in [2.75, 3.05) is 24.3 Å². The molecule has 0 saturated heterocycles. The van der Waals surface area contributed by atoms with Gasteiger partial charge in [-0.2, -0.15) is 0 Å². The van der Waals surface area contributed by atoms with Crippen molar-refractivity contribution in [3.63, 3.8) is 0 Å². The Labute approximate surface area is 269 Å². The Balaban J connectivity index is 1.58. The van der Waals surface area contributed by atoms with Gasteiger partial charge in [0.05, 0.1) is 36.8 Å². The molecule has 2 N–H and O–H groups in total. The number of nitrogens with zero attached hydrogens (tertiary/aromatic N) is 3. The molecule has 4 aromatic rings. The van der Waals surface area contributed by atoms with Gasteiger partial charge in [-0.05, 0) is 76.4 Å². The van der Waals surface area contributed by atoms with Crippen LogP contribution >= 0.6 is 23.1 Å². The third-order valence-electron chi connectivity index (χ3n) is 6.67. The lowest BCUT2D eigenvalue weighted by atomic mass is 10.1. The van der Waals surface area contributed by atoms with Crippen molar-refractivity contribution in [2.24, 2.45) is 0 Å². The second-order valence-corrected chi connectivity index (χ2v) is 12.1. The van der Waals surface area contributed by atoms with Gasteiger partial charge in [0.15, 0.2) is 11.0 Å². The van der Waals surface area contributed by atoms with E-state index in [4.69, 9.17) is 9.47 Å². The molecule has 45 heavy (non-hydrogen) atoms. The van der Waals surface area contributed by atoms with E-state index >= 15 is 0 Å². The molecule has 0 fully saturated rings. The number of hydrogen-bond acceptors (Lipinski definition) is 10. The highest BCUT2D eigenvalue weighted by Crippen LogP contribution is 2.35. The zero-order valence-corrected chi connectivity index (χ0v) is 27.6. The summed E-state index contributed by atoms with van der Waals surface area (Å²) >= 11 is 2.11. The van der Waals surface area contributed by atoms with Gasteiger partial charge in [-0.3, -0.25) is 14.2 Å². The molecule has 236 valence electrons. The second kappa shape index (κ2) is 15.0. The Morgan fingerprint density at radius 3 is 2.33 bits per heavy atom. The van der Waals surface area contributed by atoms with Crippen molar-refractivity contribution in [3.8, 4) is 5.69 Å². The summed E-state index contributed by atoms with van der Waals surface area (Å²) in [7, 11) is 0. The van der Waals surface area contributed by atoms with Crippen LogP contribution in [0.5, 0.6) is 0 Å².